The largest absolute Gasteiger partial charge is 0.453 e. The van der Waals surface area contributed by atoms with Crippen LogP contribution in [0.3, 0.4) is 0 Å². The average Bonchev–Trinajstić information content (AvgIpc) is 2.66. The Hall–Kier alpha value is -3.47. The summed E-state index contributed by atoms with van der Waals surface area (Å²) in [5.41, 5.74) is 4.66. The summed E-state index contributed by atoms with van der Waals surface area (Å²) < 4.78 is 4.56. The Bertz CT molecular complexity index is 816. The molecule has 5 heteroatoms. The van der Waals surface area contributed by atoms with E-state index in [1.54, 1.807) is 0 Å². The summed E-state index contributed by atoms with van der Waals surface area (Å²) in [5.74, 6) is 0. The Morgan fingerprint density at radius 2 is 1.04 bits per heavy atom. The zero-order valence-corrected chi connectivity index (χ0v) is 13.8. The SMILES string of the molecule is COC(=O)Nc1ccc(Nc2ccc(Nc3ccccc3)cc2)cc1. The fourth-order valence-electron chi connectivity index (χ4n) is 2.30. The number of rotatable bonds is 5. The first kappa shape index (κ1) is 16.4. The van der Waals surface area contributed by atoms with E-state index in [9.17, 15) is 4.79 Å². The van der Waals surface area contributed by atoms with Crippen LogP contribution in [-0.4, -0.2) is 13.2 Å². The summed E-state index contributed by atoms with van der Waals surface area (Å²) in [6.45, 7) is 0. The lowest BCUT2D eigenvalue weighted by Crippen LogP contribution is -2.10. The highest BCUT2D eigenvalue weighted by Gasteiger charge is 2.01. The standard InChI is InChI=1S/C20H19N3O2/c1-25-20(24)23-19-13-11-18(12-14-19)22-17-9-7-16(8-10-17)21-15-5-3-2-4-6-15/h2-14,21-22H,1H3,(H,23,24). The molecule has 0 radical (unpaired) electrons. The van der Waals surface area contributed by atoms with Gasteiger partial charge in [-0.1, -0.05) is 18.2 Å². The first-order valence-electron chi connectivity index (χ1n) is 7.87. The normalized spacial score (nSPS) is 9.96. The van der Waals surface area contributed by atoms with E-state index in [0.717, 1.165) is 22.7 Å². The fourth-order valence-corrected chi connectivity index (χ4v) is 2.30. The third-order valence-corrected chi connectivity index (χ3v) is 3.55. The number of ether oxygens (including phenoxy) is 1. The molecule has 0 spiro atoms. The molecule has 0 saturated heterocycles. The molecule has 25 heavy (non-hydrogen) atoms. The summed E-state index contributed by atoms with van der Waals surface area (Å²) in [6.07, 6.45) is -0.484. The van der Waals surface area contributed by atoms with Crippen molar-refractivity contribution in [1.82, 2.24) is 0 Å². The van der Waals surface area contributed by atoms with E-state index >= 15 is 0 Å². The maximum absolute atomic E-state index is 11.2. The van der Waals surface area contributed by atoms with Gasteiger partial charge in [0.25, 0.3) is 0 Å². The lowest BCUT2D eigenvalue weighted by atomic mass is 10.2. The number of nitrogens with one attached hydrogen (secondary N) is 3. The van der Waals surface area contributed by atoms with Crippen molar-refractivity contribution in [2.75, 3.05) is 23.1 Å². The van der Waals surface area contributed by atoms with Crippen LogP contribution >= 0.6 is 0 Å². The van der Waals surface area contributed by atoms with Crippen molar-refractivity contribution < 1.29 is 9.53 Å². The Kier molecular flexibility index (Phi) is 5.16. The maximum Gasteiger partial charge on any atom is 0.411 e. The highest BCUT2D eigenvalue weighted by Crippen LogP contribution is 2.22. The maximum atomic E-state index is 11.2. The second-order valence-corrected chi connectivity index (χ2v) is 5.39. The second-order valence-electron chi connectivity index (χ2n) is 5.39. The topological polar surface area (TPSA) is 62.4 Å². The van der Waals surface area contributed by atoms with Gasteiger partial charge in [0.2, 0.25) is 0 Å². The number of carbonyl (C=O) groups excluding carboxylic acids is 1. The van der Waals surface area contributed by atoms with Gasteiger partial charge >= 0.3 is 6.09 Å². The van der Waals surface area contributed by atoms with Crippen molar-refractivity contribution in [3.8, 4) is 0 Å². The van der Waals surface area contributed by atoms with Gasteiger partial charge in [-0.15, -0.1) is 0 Å². The molecule has 0 fully saturated rings. The van der Waals surface area contributed by atoms with Crippen LogP contribution in [0.2, 0.25) is 0 Å². The van der Waals surface area contributed by atoms with Crippen LogP contribution in [0.1, 0.15) is 0 Å². The van der Waals surface area contributed by atoms with Gasteiger partial charge < -0.3 is 15.4 Å². The average molecular weight is 333 g/mol. The minimum atomic E-state index is -0.484. The molecule has 0 aliphatic rings. The van der Waals surface area contributed by atoms with Crippen LogP contribution in [-0.2, 0) is 4.74 Å². The number of hydrogen-bond acceptors (Lipinski definition) is 4. The van der Waals surface area contributed by atoms with E-state index in [1.807, 2.05) is 78.9 Å². The summed E-state index contributed by atoms with van der Waals surface area (Å²) in [7, 11) is 1.33. The third kappa shape index (κ3) is 4.75. The Morgan fingerprint density at radius 1 is 0.640 bits per heavy atom. The van der Waals surface area contributed by atoms with Crippen molar-refractivity contribution in [2.45, 2.75) is 0 Å². The molecule has 5 nitrogen and oxygen atoms in total. The first-order valence-corrected chi connectivity index (χ1v) is 7.87. The lowest BCUT2D eigenvalue weighted by molar-refractivity contribution is 0.187. The number of carbonyl (C=O) groups is 1. The van der Waals surface area contributed by atoms with Crippen molar-refractivity contribution in [3.05, 3.63) is 78.9 Å². The van der Waals surface area contributed by atoms with Crippen LogP contribution in [0.25, 0.3) is 0 Å². The summed E-state index contributed by atoms with van der Waals surface area (Å²) in [6, 6.07) is 25.5. The van der Waals surface area contributed by atoms with Crippen LogP contribution in [0.5, 0.6) is 0 Å². The van der Waals surface area contributed by atoms with Crippen LogP contribution in [0.4, 0.5) is 33.2 Å². The van der Waals surface area contributed by atoms with Gasteiger partial charge in [0, 0.05) is 28.4 Å². The van der Waals surface area contributed by atoms with E-state index in [1.165, 1.54) is 7.11 Å². The predicted octanol–water partition coefficient (Wildman–Crippen LogP) is 5.35. The lowest BCUT2D eigenvalue weighted by Gasteiger charge is -2.10. The van der Waals surface area contributed by atoms with Gasteiger partial charge in [0.05, 0.1) is 7.11 Å². The highest BCUT2D eigenvalue weighted by atomic mass is 16.5. The molecule has 0 aromatic heterocycles. The molecule has 3 aromatic carbocycles. The molecule has 3 N–H and O–H groups in total. The number of anilines is 5. The first-order chi connectivity index (χ1) is 12.2. The molecule has 0 aliphatic heterocycles. The molecular weight excluding hydrogens is 314 g/mol. The molecular formula is C20H19N3O2. The van der Waals surface area contributed by atoms with Crippen molar-refractivity contribution in [2.24, 2.45) is 0 Å². The van der Waals surface area contributed by atoms with Crippen molar-refractivity contribution >= 4 is 34.5 Å². The molecule has 126 valence electrons. The molecule has 3 aromatic rings. The number of amides is 1. The molecule has 3 rings (SSSR count). The van der Waals surface area contributed by atoms with Gasteiger partial charge in [0.1, 0.15) is 0 Å². The summed E-state index contributed by atoms with van der Waals surface area (Å²) in [5, 5.41) is 9.28. The predicted molar refractivity (Wildman–Crippen MR) is 102 cm³/mol. The van der Waals surface area contributed by atoms with Crippen molar-refractivity contribution in [1.29, 1.82) is 0 Å². The smallest absolute Gasteiger partial charge is 0.411 e. The van der Waals surface area contributed by atoms with Gasteiger partial charge in [-0.05, 0) is 60.7 Å². The molecule has 0 aliphatic carbocycles. The molecule has 1 amide bonds. The molecule has 0 atom stereocenters. The fraction of sp³-hybridized carbons (Fsp3) is 0.0500. The van der Waals surface area contributed by atoms with Gasteiger partial charge in [-0.3, -0.25) is 5.32 Å². The number of benzene rings is 3. The van der Waals surface area contributed by atoms with E-state index in [0.29, 0.717) is 5.69 Å². The zero-order valence-electron chi connectivity index (χ0n) is 13.8. The third-order valence-electron chi connectivity index (χ3n) is 3.55. The highest BCUT2D eigenvalue weighted by molar-refractivity contribution is 5.84. The Balaban J connectivity index is 1.60. The number of para-hydroxylation sites is 1. The monoisotopic (exact) mass is 333 g/mol. The Labute approximate surface area is 146 Å². The Morgan fingerprint density at radius 3 is 1.48 bits per heavy atom. The summed E-state index contributed by atoms with van der Waals surface area (Å²) in [4.78, 5) is 11.2. The second kappa shape index (κ2) is 7.88. The zero-order chi connectivity index (χ0) is 17.5. The van der Waals surface area contributed by atoms with Crippen molar-refractivity contribution in [3.63, 3.8) is 0 Å². The minimum Gasteiger partial charge on any atom is -0.453 e. The van der Waals surface area contributed by atoms with E-state index < -0.39 is 6.09 Å². The van der Waals surface area contributed by atoms with E-state index in [2.05, 4.69) is 20.7 Å². The molecule has 0 saturated carbocycles. The van der Waals surface area contributed by atoms with Crippen LogP contribution in [0, 0.1) is 0 Å². The van der Waals surface area contributed by atoms with Gasteiger partial charge in [-0.25, -0.2) is 4.79 Å². The minimum absolute atomic E-state index is 0.484. The van der Waals surface area contributed by atoms with Gasteiger partial charge in [-0.2, -0.15) is 0 Å². The summed E-state index contributed by atoms with van der Waals surface area (Å²) >= 11 is 0. The van der Waals surface area contributed by atoms with Crippen LogP contribution in [0.15, 0.2) is 78.9 Å². The van der Waals surface area contributed by atoms with Gasteiger partial charge in [0.15, 0.2) is 0 Å². The van der Waals surface area contributed by atoms with Crippen LogP contribution < -0.4 is 16.0 Å². The van der Waals surface area contributed by atoms with E-state index in [-0.39, 0.29) is 0 Å². The molecule has 0 bridgehead atoms. The molecule has 0 heterocycles. The molecule has 0 unspecified atom stereocenters. The number of hydrogen-bond donors (Lipinski definition) is 3. The van der Waals surface area contributed by atoms with E-state index in [4.69, 9.17) is 0 Å². The quantitative estimate of drug-likeness (QED) is 0.589. The number of methoxy groups -OCH3 is 1.